The van der Waals surface area contributed by atoms with Gasteiger partial charge in [-0.15, -0.1) is 0 Å². The van der Waals surface area contributed by atoms with Crippen LogP contribution in [-0.2, 0) is 4.79 Å². The molecule has 27 heavy (non-hydrogen) atoms. The normalized spacial score (nSPS) is 27.9. The molecule has 3 aliphatic rings. The van der Waals surface area contributed by atoms with Crippen LogP contribution in [0.5, 0.6) is 0 Å². The Morgan fingerprint density at radius 2 is 1.78 bits per heavy atom. The van der Waals surface area contributed by atoms with Crippen molar-refractivity contribution in [1.82, 2.24) is 10.2 Å². The van der Waals surface area contributed by atoms with Gasteiger partial charge in [-0.1, -0.05) is 48.5 Å². The molecule has 5 rings (SSSR count). The molecule has 0 unspecified atom stereocenters. The van der Waals surface area contributed by atoms with Crippen LogP contribution in [0.2, 0.25) is 0 Å². The van der Waals surface area contributed by atoms with Gasteiger partial charge in [0.15, 0.2) is 0 Å². The quantitative estimate of drug-likeness (QED) is 0.891. The highest BCUT2D eigenvalue weighted by atomic mass is 16.2. The topological polar surface area (TPSA) is 35.6 Å². The Hall–Kier alpha value is -2.17. The third kappa shape index (κ3) is 2.97. The Bertz CT molecular complexity index is 815. The molecule has 1 N–H and O–H groups in total. The number of nitrogens with one attached hydrogen (secondary N) is 1. The van der Waals surface area contributed by atoms with Gasteiger partial charge >= 0.3 is 0 Å². The number of nitrogens with zero attached hydrogens (tertiary/aromatic N) is 2. The SMILES string of the molecule is O=C([C@@H]1CCCN1)N1C[C@@H]2CCCN2[C@H](c2ccccc2)c2ccccc21. The highest BCUT2D eigenvalue weighted by Gasteiger charge is 2.41. The molecule has 140 valence electrons. The number of hydrogen-bond acceptors (Lipinski definition) is 3. The number of para-hydroxylation sites is 1. The molecule has 0 aliphatic carbocycles. The molecule has 2 aromatic rings. The van der Waals surface area contributed by atoms with Crippen LogP contribution in [0.15, 0.2) is 54.6 Å². The van der Waals surface area contributed by atoms with Crippen molar-refractivity contribution in [3.05, 3.63) is 65.7 Å². The van der Waals surface area contributed by atoms with Crippen LogP contribution in [0.4, 0.5) is 5.69 Å². The first-order chi connectivity index (χ1) is 13.3. The second-order valence-electron chi connectivity index (χ2n) is 8.00. The summed E-state index contributed by atoms with van der Waals surface area (Å²) in [5.74, 6) is 0.250. The van der Waals surface area contributed by atoms with Crippen molar-refractivity contribution in [2.75, 3.05) is 24.5 Å². The van der Waals surface area contributed by atoms with Gasteiger partial charge in [-0.3, -0.25) is 9.69 Å². The first-order valence-corrected chi connectivity index (χ1v) is 10.3. The Labute approximate surface area is 161 Å². The van der Waals surface area contributed by atoms with E-state index in [0.717, 1.165) is 38.2 Å². The van der Waals surface area contributed by atoms with Crippen molar-refractivity contribution < 1.29 is 4.79 Å². The summed E-state index contributed by atoms with van der Waals surface area (Å²) in [5.41, 5.74) is 3.68. The van der Waals surface area contributed by atoms with Crippen LogP contribution in [0, 0.1) is 0 Å². The molecule has 0 radical (unpaired) electrons. The zero-order chi connectivity index (χ0) is 18.2. The molecule has 4 heteroatoms. The van der Waals surface area contributed by atoms with E-state index < -0.39 is 0 Å². The summed E-state index contributed by atoms with van der Waals surface area (Å²) >= 11 is 0. The molecule has 3 atom stereocenters. The zero-order valence-electron chi connectivity index (χ0n) is 15.7. The smallest absolute Gasteiger partial charge is 0.244 e. The fourth-order valence-electron chi connectivity index (χ4n) is 5.14. The maximum absolute atomic E-state index is 13.4. The number of carbonyl (C=O) groups excluding carboxylic acids is 1. The van der Waals surface area contributed by atoms with E-state index in [4.69, 9.17) is 0 Å². The van der Waals surface area contributed by atoms with E-state index in [1.54, 1.807) is 0 Å². The number of amides is 1. The number of carbonyl (C=O) groups is 1. The molecule has 0 spiro atoms. The molecule has 0 bridgehead atoms. The minimum Gasteiger partial charge on any atom is -0.309 e. The van der Waals surface area contributed by atoms with E-state index >= 15 is 0 Å². The third-order valence-electron chi connectivity index (χ3n) is 6.41. The van der Waals surface area contributed by atoms with Crippen LogP contribution in [0.25, 0.3) is 0 Å². The fraction of sp³-hybridized carbons (Fsp3) is 0.435. The van der Waals surface area contributed by atoms with E-state index in [2.05, 4.69) is 69.7 Å². The summed E-state index contributed by atoms with van der Waals surface area (Å²) in [6, 6.07) is 19.9. The maximum Gasteiger partial charge on any atom is 0.244 e. The number of fused-ring (bicyclic) bond motifs is 2. The predicted molar refractivity (Wildman–Crippen MR) is 108 cm³/mol. The van der Waals surface area contributed by atoms with Crippen molar-refractivity contribution in [3.63, 3.8) is 0 Å². The van der Waals surface area contributed by atoms with Crippen LogP contribution < -0.4 is 10.2 Å². The largest absolute Gasteiger partial charge is 0.309 e. The fourth-order valence-corrected chi connectivity index (χ4v) is 5.14. The Kier molecular flexibility index (Phi) is 4.46. The van der Waals surface area contributed by atoms with Gasteiger partial charge in [-0.25, -0.2) is 0 Å². The molecular weight excluding hydrogens is 334 g/mol. The summed E-state index contributed by atoms with van der Waals surface area (Å²) in [7, 11) is 0. The van der Waals surface area contributed by atoms with Gasteiger partial charge in [0.05, 0.1) is 12.1 Å². The molecule has 2 fully saturated rings. The van der Waals surface area contributed by atoms with Gasteiger partial charge in [0, 0.05) is 18.3 Å². The first kappa shape index (κ1) is 17.0. The molecule has 0 aromatic heterocycles. The van der Waals surface area contributed by atoms with Crippen molar-refractivity contribution in [2.45, 2.75) is 43.8 Å². The lowest BCUT2D eigenvalue weighted by Crippen LogP contribution is -2.47. The summed E-state index contributed by atoms with van der Waals surface area (Å²) in [6.45, 7) is 2.85. The van der Waals surface area contributed by atoms with Gasteiger partial charge in [0.2, 0.25) is 5.91 Å². The first-order valence-electron chi connectivity index (χ1n) is 10.3. The minimum absolute atomic E-state index is 0.0267. The molecule has 3 heterocycles. The Balaban J connectivity index is 1.62. The highest BCUT2D eigenvalue weighted by molar-refractivity contribution is 5.98. The predicted octanol–water partition coefficient (Wildman–Crippen LogP) is 3.34. The molecule has 3 aliphatic heterocycles. The van der Waals surface area contributed by atoms with Crippen molar-refractivity contribution in [1.29, 1.82) is 0 Å². The number of anilines is 1. The molecule has 1 amide bonds. The van der Waals surface area contributed by atoms with Crippen LogP contribution in [0.3, 0.4) is 0 Å². The monoisotopic (exact) mass is 361 g/mol. The molecular formula is C23H27N3O. The van der Waals surface area contributed by atoms with Crippen LogP contribution in [0.1, 0.15) is 42.9 Å². The summed E-state index contributed by atoms with van der Waals surface area (Å²) < 4.78 is 0. The van der Waals surface area contributed by atoms with E-state index in [9.17, 15) is 4.79 Å². The van der Waals surface area contributed by atoms with Crippen molar-refractivity contribution in [3.8, 4) is 0 Å². The van der Waals surface area contributed by atoms with Crippen LogP contribution >= 0.6 is 0 Å². The van der Waals surface area contributed by atoms with Crippen LogP contribution in [-0.4, -0.2) is 42.5 Å². The summed E-state index contributed by atoms with van der Waals surface area (Å²) in [6.07, 6.45) is 4.42. The lowest BCUT2D eigenvalue weighted by molar-refractivity contribution is -0.120. The second kappa shape index (κ2) is 7.10. The molecule has 2 aromatic carbocycles. The zero-order valence-corrected chi connectivity index (χ0v) is 15.7. The second-order valence-corrected chi connectivity index (χ2v) is 8.00. The van der Waals surface area contributed by atoms with E-state index in [0.29, 0.717) is 6.04 Å². The average molecular weight is 361 g/mol. The number of rotatable bonds is 2. The van der Waals surface area contributed by atoms with E-state index in [-0.39, 0.29) is 18.0 Å². The lowest BCUT2D eigenvalue weighted by Gasteiger charge is -2.31. The van der Waals surface area contributed by atoms with Gasteiger partial charge < -0.3 is 10.2 Å². The Morgan fingerprint density at radius 1 is 0.963 bits per heavy atom. The Morgan fingerprint density at radius 3 is 2.59 bits per heavy atom. The highest BCUT2D eigenvalue weighted by Crippen LogP contribution is 2.42. The molecule has 2 saturated heterocycles. The summed E-state index contributed by atoms with van der Waals surface area (Å²) in [4.78, 5) is 18.1. The van der Waals surface area contributed by atoms with Crippen molar-refractivity contribution >= 4 is 11.6 Å². The maximum atomic E-state index is 13.4. The summed E-state index contributed by atoms with van der Waals surface area (Å²) in [5, 5.41) is 3.40. The lowest BCUT2D eigenvalue weighted by atomic mass is 9.95. The van der Waals surface area contributed by atoms with Gasteiger partial charge in [0.25, 0.3) is 0 Å². The van der Waals surface area contributed by atoms with E-state index in [1.165, 1.54) is 24.0 Å². The molecule has 4 nitrogen and oxygen atoms in total. The standard InChI is InChI=1S/C23H27N3O/c27-23(20-12-6-14-24-20)26-16-18-10-7-15-25(18)22(17-8-2-1-3-9-17)19-11-4-5-13-21(19)26/h1-5,8-9,11,13,18,20,22,24H,6-7,10,12,14-16H2/t18-,20-,22+/m0/s1. The number of hydrogen-bond donors (Lipinski definition) is 1. The van der Waals surface area contributed by atoms with E-state index in [1.807, 2.05) is 0 Å². The van der Waals surface area contributed by atoms with Gasteiger partial charge in [-0.05, 0) is 56.0 Å². The average Bonchev–Trinajstić information content (AvgIpc) is 3.38. The van der Waals surface area contributed by atoms with Gasteiger partial charge in [-0.2, -0.15) is 0 Å². The minimum atomic E-state index is -0.0267. The third-order valence-corrected chi connectivity index (χ3v) is 6.41. The van der Waals surface area contributed by atoms with Gasteiger partial charge in [0.1, 0.15) is 0 Å². The van der Waals surface area contributed by atoms with Crippen molar-refractivity contribution in [2.24, 2.45) is 0 Å². The number of benzene rings is 2. The molecule has 0 saturated carbocycles.